The molecule has 0 radical (unpaired) electrons. The first-order valence-electron chi connectivity index (χ1n) is 6.54. The second kappa shape index (κ2) is 5.89. The summed E-state index contributed by atoms with van der Waals surface area (Å²) in [6.07, 6.45) is 0.423. The average molecular weight is 304 g/mol. The van der Waals surface area contributed by atoms with E-state index in [1.807, 2.05) is 29.6 Å². The molecule has 0 fully saturated rings. The second-order valence-electron chi connectivity index (χ2n) is 4.89. The number of nitrogens with one attached hydrogen (secondary N) is 1. The largest absolute Gasteiger partial charge is 0.271 e. The standard InChI is InChI=1S/C16H14F2N2S/c17-11-5-10(6-12(18)8-11)7-15(20-19)14-9-21-16-4-2-1-3-13(14)16/h1-6,8-9,15,20H,7,19H2. The molecule has 0 saturated heterocycles. The molecule has 0 saturated carbocycles. The van der Waals surface area contributed by atoms with E-state index in [0.717, 1.165) is 21.7 Å². The molecule has 5 heteroatoms. The molecule has 0 aliphatic heterocycles. The zero-order chi connectivity index (χ0) is 14.8. The van der Waals surface area contributed by atoms with Gasteiger partial charge in [-0.2, -0.15) is 0 Å². The normalized spacial score (nSPS) is 12.7. The molecule has 1 aromatic heterocycles. The lowest BCUT2D eigenvalue weighted by atomic mass is 9.99. The van der Waals surface area contributed by atoms with Gasteiger partial charge in [-0.3, -0.25) is 11.3 Å². The van der Waals surface area contributed by atoms with Crippen molar-refractivity contribution >= 4 is 21.4 Å². The molecule has 3 aromatic rings. The Morgan fingerprint density at radius 2 is 1.81 bits per heavy atom. The van der Waals surface area contributed by atoms with Gasteiger partial charge in [-0.25, -0.2) is 8.78 Å². The first-order valence-corrected chi connectivity index (χ1v) is 7.42. The molecule has 0 aliphatic carbocycles. The Hall–Kier alpha value is -1.82. The van der Waals surface area contributed by atoms with Crippen LogP contribution in [0.4, 0.5) is 8.78 Å². The number of benzene rings is 2. The minimum atomic E-state index is -0.573. The number of halogens is 2. The lowest BCUT2D eigenvalue weighted by molar-refractivity contribution is 0.543. The predicted molar refractivity (Wildman–Crippen MR) is 82.0 cm³/mol. The topological polar surface area (TPSA) is 38.0 Å². The van der Waals surface area contributed by atoms with E-state index in [4.69, 9.17) is 5.84 Å². The van der Waals surface area contributed by atoms with Crippen molar-refractivity contribution in [2.24, 2.45) is 5.84 Å². The van der Waals surface area contributed by atoms with Gasteiger partial charge in [0.1, 0.15) is 11.6 Å². The fourth-order valence-electron chi connectivity index (χ4n) is 2.49. The van der Waals surface area contributed by atoms with Gasteiger partial charge in [0.2, 0.25) is 0 Å². The number of rotatable bonds is 4. The Morgan fingerprint density at radius 3 is 2.52 bits per heavy atom. The van der Waals surface area contributed by atoms with E-state index in [9.17, 15) is 8.78 Å². The van der Waals surface area contributed by atoms with Crippen molar-refractivity contribution in [2.75, 3.05) is 0 Å². The maximum atomic E-state index is 13.3. The summed E-state index contributed by atoms with van der Waals surface area (Å²) in [6.45, 7) is 0. The number of hydrogen-bond donors (Lipinski definition) is 2. The van der Waals surface area contributed by atoms with Crippen LogP contribution in [0.25, 0.3) is 10.1 Å². The fraction of sp³-hybridized carbons (Fsp3) is 0.125. The third-order valence-electron chi connectivity index (χ3n) is 3.45. The third-order valence-corrected chi connectivity index (χ3v) is 4.43. The molecule has 0 bridgehead atoms. The van der Waals surface area contributed by atoms with Crippen LogP contribution in [0.1, 0.15) is 17.2 Å². The maximum Gasteiger partial charge on any atom is 0.126 e. The van der Waals surface area contributed by atoms with E-state index in [2.05, 4.69) is 5.43 Å². The molecule has 1 unspecified atom stereocenters. The van der Waals surface area contributed by atoms with Crippen molar-refractivity contribution in [1.29, 1.82) is 0 Å². The molecular formula is C16H14F2N2S. The summed E-state index contributed by atoms with van der Waals surface area (Å²) in [5.41, 5.74) is 4.36. The van der Waals surface area contributed by atoms with Crippen LogP contribution in [0, 0.1) is 11.6 Å². The third kappa shape index (κ3) is 2.95. The summed E-state index contributed by atoms with van der Waals surface area (Å²) in [7, 11) is 0. The lowest BCUT2D eigenvalue weighted by Gasteiger charge is -2.16. The lowest BCUT2D eigenvalue weighted by Crippen LogP contribution is -2.29. The second-order valence-corrected chi connectivity index (χ2v) is 5.80. The van der Waals surface area contributed by atoms with Gasteiger partial charge < -0.3 is 0 Å². The van der Waals surface area contributed by atoms with Crippen LogP contribution < -0.4 is 11.3 Å². The van der Waals surface area contributed by atoms with Crippen molar-refractivity contribution < 1.29 is 8.78 Å². The first-order chi connectivity index (χ1) is 10.2. The van der Waals surface area contributed by atoms with Gasteiger partial charge in [0.25, 0.3) is 0 Å². The quantitative estimate of drug-likeness (QED) is 0.566. The summed E-state index contributed by atoms with van der Waals surface area (Å²) >= 11 is 1.63. The molecule has 3 N–H and O–H groups in total. The van der Waals surface area contributed by atoms with Crippen molar-refractivity contribution in [2.45, 2.75) is 12.5 Å². The number of fused-ring (bicyclic) bond motifs is 1. The molecule has 2 aromatic carbocycles. The van der Waals surface area contributed by atoms with Crippen LogP contribution >= 0.6 is 11.3 Å². The Bertz CT molecular complexity index is 750. The molecule has 0 amide bonds. The Balaban J connectivity index is 1.95. The molecule has 21 heavy (non-hydrogen) atoms. The van der Waals surface area contributed by atoms with Crippen molar-refractivity contribution in [3.05, 3.63) is 70.6 Å². The zero-order valence-corrected chi connectivity index (χ0v) is 12.0. The van der Waals surface area contributed by atoms with Crippen molar-refractivity contribution in [3.8, 4) is 0 Å². The molecule has 0 aliphatic rings. The summed E-state index contributed by atoms with van der Waals surface area (Å²) in [5, 5.41) is 3.15. The Morgan fingerprint density at radius 1 is 1.10 bits per heavy atom. The monoisotopic (exact) mass is 304 g/mol. The molecule has 2 nitrogen and oxygen atoms in total. The van der Waals surface area contributed by atoms with Gasteiger partial charge in [0.05, 0.1) is 6.04 Å². The minimum Gasteiger partial charge on any atom is -0.271 e. The maximum absolute atomic E-state index is 13.3. The van der Waals surface area contributed by atoms with Gasteiger partial charge in [0, 0.05) is 10.8 Å². The summed E-state index contributed by atoms with van der Waals surface area (Å²) in [4.78, 5) is 0. The predicted octanol–water partition coefficient (Wildman–Crippen LogP) is 3.93. The van der Waals surface area contributed by atoms with Crippen LogP contribution in [0.15, 0.2) is 47.8 Å². The van der Waals surface area contributed by atoms with Crippen molar-refractivity contribution in [1.82, 2.24) is 5.43 Å². The summed E-state index contributed by atoms with van der Waals surface area (Å²) in [6, 6.07) is 11.4. The molecule has 1 atom stereocenters. The van der Waals surface area contributed by atoms with E-state index < -0.39 is 11.6 Å². The van der Waals surface area contributed by atoms with Crippen LogP contribution in [0.3, 0.4) is 0 Å². The highest BCUT2D eigenvalue weighted by atomic mass is 32.1. The minimum absolute atomic E-state index is 0.192. The van der Waals surface area contributed by atoms with Crippen LogP contribution in [-0.2, 0) is 6.42 Å². The van der Waals surface area contributed by atoms with E-state index in [1.54, 1.807) is 11.3 Å². The van der Waals surface area contributed by atoms with Gasteiger partial charge in [-0.05, 0) is 46.5 Å². The van der Waals surface area contributed by atoms with E-state index in [1.165, 1.54) is 12.1 Å². The van der Waals surface area contributed by atoms with E-state index in [-0.39, 0.29) is 6.04 Å². The van der Waals surface area contributed by atoms with Crippen LogP contribution in [0.5, 0.6) is 0 Å². The SMILES string of the molecule is NNC(Cc1cc(F)cc(F)c1)c1csc2ccccc12. The van der Waals surface area contributed by atoms with Crippen LogP contribution in [0.2, 0.25) is 0 Å². The number of thiophene rings is 1. The number of hydrogen-bond acceptors (Lipinski definition) is 3. The molecule has 108 valence electrons. The number of nitrogens with two attached hydrogens (primary N) is 1. The van der Waals surface area contributed by atoms with Crippen molar-refractivity contribution in [3.63, 3.8) is 0 Å². The molecular weight excluding hydrogens is 290 g/mol. The molecule has 1 heterocycles. The number of hydrazine groups is 1. The fourth-order valence-corrected chi connectivity index (χ4v) is 3.51. The molecule has 3 rings (SSSR count). The smallest absolute Gasteiger partial charge is 0.126 e. The summed E-state index contributed by atoms with van der Waals surface area (Å²) in [5.74, 6) is 4.50. The molecule has 0 spiro atoms. The highest BCUT2D eigenvalue weighted by molar-refractivity contribution is 7.17. The van der Waals surface area contributed by atoms with Crippen LogP contribution in [-0.4, -0.2) is 0 Å². The van der Waals surface area contributed by atoms with Gasteiger partial charge in [-0.15, -0.1) is 11.3 Å². The first kappa shape index (κ1) is 14.1. The van der Waals surface area contributed by atoms with E-state index >= 15 is 0 Å². The zero-order valence-electron chi connectivity index (χ0n) is 11.1. The summed E-state index contributed by atoms with van der Waals surface area (Å²) < 4.78 is 27.7. The van der Waals surface area contributed by atoms with Gasteiger partial charge >= 0.3 is 0 Å². The highest BCUT2D eigenvalue weighted by Crippen LogP contribution is 2.31. The van der Waals surface area contributed by atoms with Gasteiger partial charge in [0.15, 0.2) is 0 Å². The Labute approximate surface area is 125 Å². The van der Waals surface area contributed by atoms with Gasteiger partial charge in [-0.1, -0.05) is 18.2 Å². The van der Waals surface area contributed by atoms with E-state index in [0.29, 0.717) is 12.0 Å². The Kier molecular flexibility index (Phi) is 3.96. The average Bonchev–Trinajstić information content (AvgIpc) is 2.87. The highest BCUT2D eigenvalue weighted by Gasteiger charge is 2.16.